The van der Waals surface area contributed by atoms with Crippen LogP contribution in [0.25, 0.3) is 0 Å². The second kappa shape index (κ2) is 6.08. The Morgan fingerprint density at radius 1 is 1.09 bits per heavy atom. The quantitative estimate of drug-likeness (QED) is 0.895. The minimum absolute atomic E-state index is 0.222. The molecule has 0 radical (unpaired) electrons. The molecule has 1 aliphatic rings. The number of rotatable bonds is 2. The molecule has 0 aromatic heterocycles. The number of carbonyl (C=O) groups excluding carboxylic acids is 1. The van der Waals surface area contributed by atoms with Crippen LogP contribution in [0, 0.1) is 5.82 Å². The Balaban J connectivity index is 1.83. The van der Waals surface area contributed by atoms with E-state index in [2.05, 4.69) is 5.32 Å². The number of hydrogen-bond donors (Lipinski definition) is 2. The summed E-state index contributed by atoms with van der Waals surface area (Å²) in [6.45, 7) is 0.222. The summed E-state index contributed by atoms with van der Waals surface area (Å²) < 4.78 is 12.9. The van der Waals surface area contributed by atoms with E-state index in [1.165, 1.54) is 29.2 Å². The molecular weight excluding hydrogens is 299 g/mol. The molecule has 0 saturated heterocycles. The van der Waals surface area contributed by atoms with Crippen LogP contribution in [0.4, 0.5) is 14.9 Å². The summed E-state index contributed by atoms with van der Waals surface area (Å²) in [5.74, 6) is -1.45. The first-order valence-electron chi connectivity index (χ1n) is 7.17. The van der Waals surface area contributed by atoms with E-state index in [9.17, 15) is 19.1 Å². The zero-order valence-corrected chi connectivity index (χ0v) is 12.2. The molecule has 1 unspecified atom stereocenters. The molecule has 0 fully saturated rings. The third-order valence-corrected chi connectivity index (χ3v) is 3.89. The number of halogens is 1. The Bertz CT molecular complexity index is 746. The number of hydrogen-bond acceptors (Lipinski definition) is 2. The lowest BCUT2D eigenvalue weighted by atomic mass is 9.94. The minimum atomic E-state index is -1.05. The van der Waals surface area contributed by atoms with E-state index in [0.717, 1.165) is 11.1 Å². The van der Waals surface area contributed by atoms with Crippen LogP contribution < -0.4 is 5.32 Å². The van der Waals surface area contributed by atoms with Crippen molar-refractivity contribution in [3.63, 3.8) is 0 Å². The van der Waals surface area contributed by atoms with Crippen LogP contribution in [0.3, 0.4) is 0 Å². The molecule has 2 aromatic carbocycles. The molecular formula is C17H15FN2O3. The average Bonchev–Trinajstić information content (AvgIpc) is 2.55. The highest BCUT2D eigenvalue weighted by Gasteiger charge is 2.34. The first-order valence-corrected chi connectivity index (χ1v) is 7.17. The van der Waals surface area contributed by atoms with E-state index in [0.29, 0.717) is 5.69 Å². The molecule has 3 rings (SSSR count). The topological polar surface area (TPSA) is 69.6 Å². The van der Waals surface area contributed by atoms with Crippen LogP contribution in [-0.4, -0.2) is 28.0 Å². The SMILES string of the molecule is O=C(O)C1Cc2ccccc2CN1C(=O)Nc1ccc(F)cc1. The molecule has 0 aliphatic carbocycles. The van der Waals surface area contributed by atoms with Crippen LogP contribution >= 0.6 is 0 Å². The monoisotopic (exact) mass is 314 g/mol. The highest BCUT2D eigenvalue weighted by atomic mass is 19.1. The number of fused-ring (bicyclic) bond motifs is 1. The smallest absolute Gasteiger partial charge is 0.326 e. The number of carboxylic acid groups (broad SMARTS) is 1. The molecule has 1 atom stereocenters. The average molecular weight is 314 g/mol. The van der Waals surface area contributed by atoms with Crippen molar-refractivity contribution in [2.75, 3.05) is 5.32 Å². The minimum Gasteiger partial charge on any atom is -0.480 e. The Morgan fingerprint density at radius 2 is 1.74 bits per heavy atom. The molecule has 0 bridgehead atoms. The maximum Gasteiger partial charge on any atom is 0.326 e. The van der Waals surface area contributed by atoms with E-state index >= 15 is 0 Å². The standard InChI is InChI=1S/C17H15FN2O3/c18-13-5-7-14(8-6-13)19-17(23)20-10-12-4-2-1-3-11(12)9-15(20)16(21)22/h1-8,15H,9-10H2,(H,19,23)(H,21,22). The van der Waals surface area contributed by atoms with Gasteiger partial charge in [0, 0.05) is 18.7 Å². The first kappa shape index (κ1) is 15.0. The number of aliphatic carboxylic acids is 1. The van der Waals surface area contributed by atoms with E-state index in [1.807, 2.05) is 24.3 Å². The summed E-state index contributed by atoms with van der Waals surface area (Å²) in [5.41, 5.74) is 2.28. The number of nitrogens with zero attached hydrogens (tertiary/aromatic N) is 1. The van der Waals surface area contributed by atoms with Gasteiger partial charge in [-0.05, 0) is 35.4 Å². The Kier molecular flexibility index (Phi) is 3.97. The molecule has 1 heterocycles. The number of nitrogens with one attached hydrogen (secondary N) is 1. The normalized spacial score (nSPS) is 16.6. The second-order valence-electron chi connectivity index (χ2n) is 5.39. The Labute approximate surface area is 132 Å². The van der Waals surface area contributed by atoms with Crippen LogP contribution in [-0.2, 0) is 17.8 Å². The zero-order valence-electron chi connectivity index (χ0n) is 12.2. The molecule has 5 nitrogen and oxygen atoms in total. The van der Waals surface area contributed by atoms with Gasteiger partial charge in [0.1, 0.15) is 11.9 Å². The number of amides is 2. The van der Waals surface area contributed by atoms with Gasteiger partial charge >= 0.3 is 12.0 Å². The highest BCUT2D eigenvalue weighted by molar-refractivity contribution is 5.92. The largest absolute Gasteiger partial charge is 0.480 e. The summed E-state index contributed by atoms with van der Waals surface area (Å²) in [6.07, 6.45) is 0.266. The first-order chi connectivity index (χ1) is 11.0. The van der Waals surface area contributed by atoms with E-state index in [1.54, 1.807) is 0 Å². The van der Waals surface area contributed by atoms with Gasteiger partial charge in [-0.2, -0.15) is 0 Å². The van der Waals surface area contributed by atoms with Crippen molar-refractivity contribution < 1.29 is 19.1 Å². The maximum atomic E-state index is 12.9. The summed E-state index contributed by atoms with van der Waals surface area (Å²) in [4.78, 5) is 25.2. The Hall–Kier alpha value is -2.89. The molecule has 2 aromatic rings. The third-order valence-electron chi connectivity index (χ3n) is 3.89. The molecule has 2 amide bonds. The van der Waals surface area contributed by atoms with Gasteiger partial charge in [-0.25, -0.2) is 14.0 Å². The van der Waals surface area contributed by atoms with Gasteiger partial charge < -0.3 is 15.3 Å². The van der Waals surface area contributed by atoms with Crippen LogP contribution in [0.1, 0.15) is 11.1 Å². The predicted octanol–water partition coefficient (Wildman–Crippen LogP) is 2.87. The van der Waals surface area contributed by atoms with E-state index in [4.69, 9.17) is 0 Å². The molecule has 2 N–H and O–H groups in total. The van der Waals surface area contributed by atoms with Crippen molar-refractivity contribution in [3.8, 4) is 0 Å². The van der Waals surface area contributed by atoms with Gasteiger partial charge in [-0.15, -0.1) is 0 Å². The van der Waals surface area contributed by atoms with Crippen molar-refractivity contribution in [1.29, 1.82) is 0 Å². The number of urea groups is 1. The van der Waals surface area contributed by atoms with E-state index in [-0.39, 0.29) is 13.0 Å². The summed E-state index contributed by atoms with van der Waals surface area (Å²) in [7, 11) is 0. The zero-order chi connectivity index (χ0) is 16.4. The van der Waals surface area contributed by atoms with Crippen LogP contribution in [0.5, 0.6) is 0 Å². The number of carboxylic acids is 1. The van der Waals surface area contributed by atoms with Crippen molar-refractivity contribution in [3.05, 3.63) is 65.5 Å². The van der Waals surface area contributed by atoms with Crippen molar-refractivity contribution in [1.82, 2.24) is 4.90 Å². The van der Waals surface area contributed by atoms with Crippen LogP contribution in [0.2, 0.25) is 0 Å². The molecule has 6 heteroatoms. The second-order valence-corrected chi connectivity index (χ2v) is 5.39. The van der Waals surface area contributed by atoms with Gasteiger partial charge in [0.25, 0.3) is 0 Å². The van der Waals surface area contributed by atoms with Crippen molar-refractivity contribution >= 4 is 17.7 Å². The number of benzene rings is 2. The summed E-state index contributed by atoms with van der Waals surface area (Å²) in [5, 5.41) is 12.0. The molecule has 1 aliphatic heterocycles. The lowest BCUT2D eigenvalue weighted by molar-refractivity contribution is -0.142. The van der Waals surface area contributed by atoms with Crippen molar-refractivity contribution in [2.45, 2.75) is 19.0 Å². The lowest BCUT2D eigenvalue weighted by Crippen LogP contribution is -2.50. The molecule has 23 heavy (non-hydrogen) atoms. The number of carbonyl (C=O) groups is 2. The molecule has 0 spiro atoms. The predicted molar refractivity (Wildman–Crippen MR) is 82.5 cm³/mol. The fourth-order valence-corrected chi connectivity index (χ4v) is 2.69. The van der Waals surface area contributed by atoms with Gasteiger partial charge in [-0.1, -0.05) is 24.3 Å². The van der Waals surface area contributed by atoms with Gasteiger partial charge in [0.05, 0.1) is 0 Å². The fourth-order valence-electron chi connectivity index (χ4n) is 2.69. The van der Waals surface area contributed by atoms with Crippen molar-refractivity contribution in [2.24, 2.45) is 0 Å². The van der Waals surface area contributed by atoms with Gasteiger partial charge in [0.2, 0.25) is 0 Å². The third kappa shape index (κ3) is 3.15. The Morgan fingerprint density at radius 3 is 2.39 bits per heavy atom. The number of anilines is 1. The lowest BCUT2D eigenvalue weighted by Gasteiger charge is -2.34. The highest BCUT2D eigenvalue weighted by Crippen LogP contribution is 2.24. The maximum absolute atomic E-state index is 12.9. The fraction of sp³-hybridized carbons (Fsp3) is 0.176. The van der Waals surface area contributed by atoms with Gasteiger partial charge in [0.15, 0.2) is 0 Å². The molecule has 118 valence electrons. The van der Waals surface area contributed by atoms with Gasteiger partial charge in [-0.3, -0.25) is 0 Å². The van der Waals surface area contributed by atoms with E-state index < -0.39 is 23.9 Å². The molecule has 0 saturated carbocycles. The summed E-state index contributed by atoms with van der Waals surface area (Å²) in [6, 6.07) is 11.4. The van der Waals surface area contributed by atoms with Crippen LogP contribution in [0.15, 0.2) is 48.5 Å². The summed E-state index contributed by atoms with van der Waals surface area (Å²) >= 11 is 0.